The molecule has 4 nitrogen and oxygen atoms in total. The van der Waals surface area contributed by atoms with Gasteiger partial charge in [-0.05, 0) is 55.8 Å². The highest BCUT2D eigenvalue weighted by Gasteiger charge is 2.51. The second-order valence-electron chi connectivity index (χ2n) is 7.67. The van der Waals surface area contributed by atoms with Crippen LogP contribution < -0.4 is 9.47 Å². The van der Waals surface area contributed by atoms with Crippen LogP contribution in [-0.2, 0) is 6.42 Å². The number of aromatic nitrogens is 1. The van der Waals surface area contributed by atoms with E-state index >= 15 is 0 Å². The van der Waals surface area contributed by atoms with Gasteiger partial charge < -0.3 is 14.4 Å². The lowest BCUT2D eigenvalue weighted by atomic mass is 9.73. The van der Waals surface area contributed by atoms with E-state index in [4.69, 9.17) is 9.72 Å². The van der Waals surface area contributed by atoms with E-state index in [2.05, 4.69) is 9.64 Å². The molecule has 27 heavy (non-hydrogen) atoms. The summed E-state index contributed by atoms with van der Waals surface area (Å²) in [5.41, 5.74) is 2.59. The van der Waals surface area contributed by atoms with Gasteiger partial charge in [-0.25, -0.2) is 4.98 Å². The first kappa shape index (κ1) is 16.9. The first-order valence-corrected chi connectivity index (χ1v) is 9.15. The standard InChI is InChI=1S/C20H19F3N2O2/c21-20(22,23)27-14-3-1-13(2-4-14)15-5-6-17-16(24-15)11-19-8-10-25(12-19)9-7-18(19)26-17/h1-6,18H,7-12H2. The third-order valence-corrected chi connectivity index (χ3v) is 5.96. The number of hydrogen-bond donors (Lipinski definition) is 0. The minimum Gasteiger partial charge on any atom is -0.488 e. The highest BCUT2D eigenvalue weighted by Crippen LogP contribution is 2.48. The van der Waals surface area contributed by atoms with Gasteiger partial charge in [0.05, 0.1) is 11.4 Å². The summed E-state index contributed by atoms with van der Waals surface area (Å²) in [5.74, 6) is 0.606. The number of fused-ring (bicyclic) bond motifs is 2. The smallest absolute Gasteiger partial charge is 0.488 e. The zero-order chi connectivity index (χ0) is 18.6. The molecule has 0 radical (unpaired) electrons. The van der Waals surface area contributed by atoms with Crippen molar-refractivity contribution in [2.75, 3.05) is 19.6 Å². The number of piperidine rings is 1. The second-order valence-corrected chi connectivity index (χ2v) is 7.67. The maximum absolute atomic E-state index is 12.3. The molecule has 0 amide bonds. The van der Waals surface area contributed by atoms with E-state index in [0.29, 0.717) is 0 Å². The van der Waals surface area contributed by atoms with Crippen LogP contribution in [0.1, 0.15) is 18.5 Å². The minimum absolute atomic E-state index is 0.154. The van der Waals surface area contributed by atoms with Crippen molar-refractivity contribution in [1.82, 2.24) is 9.88 Å². The number of halogens is 3. The summed E-state index contributed by atoms with van der Waals surface area (Å²) < 4.78 is 47.1. The normalized spacial score (nSPS) is 28.9. The average molecular weight is 376 g/mol. The van der Waals surface area contributed by atoms with Gasteiger partial charge in [-0.3, -0.25) is 0 Å². The Morgan fingerprint density at radius 1 is 1.11 bits per heavy atom. The molecular weight excluding hydrogens is 357 g/mol. The van der Waals surface area contributed by atoms with E-state index in [-0.39, 0.29) is 17.3 Å². The van der Waals surface area contributed by atoms with Crippen molar-refractivity contribution in [3.05, 3.63) is 42.1 Å². The van der Waals surface area contributed by atoms with Crippen molar-refractivity contribution in [2.24, 2.45) is 5.41 Å². The third kappa shape index (κ3) is 3.04. The molecule has 0 saturated carbocycles. The maximum Gasteiger partial charge on any atom is 0.573 e. The van der Waals surface area contributed by atoms with Crippen molar-refractivity contribution < 1.29 is 22.6 Å². The summed E-state index contributed by atoms with van der Waals surface area (Å²) in [4.78, 5) is 7.28. The highest BCUT2D eigenvalue weighted by molar-refractivity contribution is 5.61. The third-order valence-electron chi connectivity index (χ3n) is 5.96. The van der Waals surface area contributed by atoms with Crippen molar-refractivity contribution in [3.63, 3.8) is 0 Å². The van der Waals surface area contributed by atoms with E-state index in [0.717, 1.165) is 61.6 Å². The molecule has 3 atom stereocenters. The van der Waals surface area contributed by atoms with Crippen molar-refractivity contribution in [2.45, 2.75) is 31.7 Å². The average Bonchev–Trinajstić information content (AvgIpc) is 2.95. The molecular formula is C20H19F3N2O2. The van der Waals surface area contributed by atoms with Crippen LogP contribution in [0.2, 0.25) is 0 Å². The van der Waals surface area contributed by atoms with E-state index in [1.165, 1.54) is 12.1 Å². The predicted molar refractivity (Wildman–Crippen MR) is 92.6 cm³/mol. The Balaban J connectivity index is 1.42. The quantitative estimate of drug-likeness (QED) is 0.792. The monoisotopic (exact) mass is 376 g/mol. The van der Waals surface area contributed by atoms with Crippen LogP contribution in [0.25, 0.3) is 11.3 Å². The molecule has 0 N–H and O–H groups in total. The van der Waals surface area contributed by atoms with Gasteiger partial charge in [0.25, 0.3) is 0 Å². The highest BCUT2D eigenvalue weighted by atomic mass is 19.4. The second kappa shape index (κ2) is 5.86. The van der Waals surface area contributed by atoms with Gasteiger partial charge in [-0.15, -0.1) is 13.2 Å². The van der Waals surface area contributed by atoms with Gasteiger partial charge >= 0.3 is 6.36 Å². The van der Waals surface area contributed by atoms with E-state index in [1.54, 1.807) is 12.1 Å². The molecule has 4 heterocycles. The summed E-state index contributed by atoms with van der Waals surface area (Å²) >= 11 is 0. The number of benzene rings is 1. The topological polar surface area (TPSA) is 34.6 Å². The molecule has 7 heteroatoms. The summed E-state index contributed by atoms with van der Waals surface area (Å²) in [6.07, 6.45) is -1.34. The number of hydrogen-bond acceptors (Lipinski definition) is 4. The summed E-state index contributed by atoms with van der Waals surface area (Å²) in [5, 5.41) is 0. The molecule has 2 fully saturated rings. The molecule has 0 aliphatic carbocycles. The van der Waals surface area contributed by atoms with Crippen LogP contribution in [-0.4, -0.2) is 42.0 Å². The fourth-order valence-corrected chi connectivity index (χ4v) is 4.68. The maximum atomic E-state index is 12.3. The Morgan fingerprint density at radius 2 is 1.93 bits per heavy atom. The van der Waals surface area contributed by atoms with Crippen molar-refractivity contribution in [3.8, 4) is 22.8 Å². The molecule has 1 aromatic carbocycles. The Kier molecular flexibility index (Phi) is 3.66. The summed E-state index contributed by atoms with van der Waals surface area (Å²) in [6, 6.07) is 9.61. The lowest BCUT2D eigenvalue weighted by molar-refractivity contribution is -0.274. The van der Waals surface area contributed by atoms with Crippen LogP contribution in [0, 0.1) is 5.41 Å². The Hall–Kier alpha value is -2.28. The molecule has 3 aliphatic heterocycles. The number of ether oxygens (including phenoxy) is 2. The van der Waals surface area contributed by atoms with Crippen LogP contribution >= 0.6 is 0 Å². The SMILES string of the molecule is FC(F)(F)Oc1ccc(-c2ccc3c(n2)CC24CCN(CCC2O3)C4)cc1. The van der Waals surface area contributed by atoms with Gasteiger partial charge in [0.2, 0.25) is 0 Å². The number of nitrogens with zero attached hydrogens (tertiary/aromatic N) is 2. The van der Waals surface area contributed by atoms with Gasteiger partial charge in [0, 0.05) is 30.5 Å². The molecule has 1 spiro atoms. The fourth-order valence-electron chi connectivity index (χ4n) is 4.68. The fraction of sp³-hybridized carbons (Fsp3) is 0.450. The Labute approximate surface area is 154 Å². The van der Waals surface area contributed by atoms with Gasteiger partial charge in [0.1, 0.15) is 17.6 Å². The van der Waals surface area contributed by atoms with E-state index in [9.17, 15) is 13.2 Å². The molecule has 2 aromatic rings. The first-order chi connectivity index (χ1) is 12.9. The van der Waals surface area contributed by atoms with Crippen molar-refractivity contribution >= 4 is 0 Å². The molecule has 3 unspecified atom stereocenters. The van der Waals surface area contributed by atoms with Gasteiger partial charge in [-0.2, -0.15) is 0 Å². The van der Waals surface area contributed by atoms with E-state index in [1.807, 2.05) is 12.1 Å². The predicted octanol–water partition coefficient (Wildman–Crippen LogP) is 4.05. The van der Waals surface area contributed by atoms with Gasteiger partial charge in [-0.1, -0.05) is 0 Å². The van der Waals surface area contributed by atoms with Crippen LogP contribution in [0.15, 0.2) is 36.4 Å². The molecule has 1 aromatic heterocycles. The van der Waals surface area contributed by atoms with Crippen LogP contribution in [0.4, 0.5) is 13.2 Å². The van der Waals surface area contributed by atoms with E-state index < -0.39 is 6.36 Å². The zero-order valence-corrected chi connectivity index (χ0v) is 14.6. The minimum atomic E-state index is -4.69. The lowest BCUT2D eigenvalue weighted by Gasteiger charge is -2.44. The number of alkyl halides is 3. The lowest BCUT2D eigenvalue weighted by Crippen LogP contribution is -2.51. The van der Waals surface area contributed by atoms with Crippen molar-refractivity contribution in [1.29, 1.82) is 0 Å². The molecule has 5 rings (SSSR count). The number of pyridine rings is 1. The van der Waals surface area contributed by atoms with Crippen LogP contribution in [0.3, 0.4) is 0 Å². The molecule has 2 saturated heterocycles. The Morgan fingerprint density at radius 3 is 2.70 bits per heavy atom. The zero-order valence-electron chi connectivity index (χ0n) is 14.6. The first-order valence-electron chi connectivity index (χ1n) is 9.15. The molecule has 142 valence electrons. The molecule has 2 bridgehead atoms. The summed E-state index contributed by atoms with van der Waals surface area (Å²) in [6.45, 7) is 3.28. The van der Waals surface area contributed by atoms with Crippen LogP contribution in [0.5, 0.6) is 11.5 Å². The van der Waals surface area contributed by atoms with Gasteiger partial charge in [0.15, 0.2) is 0 Å². The molecule has 3 aliphatic rings. The summed E-state index contributed by atoms with van der Waals surface area (Å²) in [7, 11) is 0. The largest absolute Gasteiger partial charge is 0.573 e. The Bertz CT molecular complexity index is 869. The number of rotatable bonds is 2.